The first kappa shape index (κ1) is 24.0. The van der Waals surface area contributed by atoms with Crippen LogP contribution in [0.5, 0.6) is 0 Å². The minimum absolute atomic E-state index is 0.487. The van der Waals surface area contributed by atoms with E-state index in [1.165, 1.54) is 72.0 Å². The molecular formula is C39H32N2. The van der Waals surface area contributed by atoms with E-state index in [-0.39, 0.29) is 0 Å². The van der Waals surface area contributed by atoms with Crippen LogP contribution in [-0.2, 0) is 6.42 Å². The van der Waals surface area contributed by atoms with E-state index >= 15 is 0 Å². The van der Waals surface area contributed by atoms with Crippen molar-refractivity contribution < 1.29 is 0 Å². The summed E-state index contributed by atoms with van der Waals surface area (Å²) in [6.07, 6.45) is 6.78. The number of hydrogen-bond donors (Lipinski definition) is 0. The molecule has 0 aliphatic heterocycles. The second-order valence-electron chi connectivity index (χ2n) is 11.3. The maximum absolute atomic E-state index is 2.51. The summed E-state index contributed by atoms with van der Waals surface area (Å²) in [6, 6.07) is 42.5. The SMILES string of the molecule is CCc1ccc2c3c(n(-c4ccc(-c5ccc(-n6c7ccccc7c7ccccc76)cc5)cc4)c2c1)C(C)CC=C3. The first-order valence-electron chi connectivity index (χ1n) is 14.7. The van der Waals surface area contributed by atoms with E-state index in [1.54, 1.807) is 0 Å². The molecule has 7 aromatic rings. The van der Waals surface area contributed by atoms with Gasteiger partial charge in [-0.15, -0.1) is 0 Å². The summed E-state index contributed by atoms with van der Waals surface area (Å²) in [5.74, 6) is 0.487. The number of fused-ring (bicyclic) bond motifs is 6. The highest BCUT2D eigenvalue weighted by molar-refractivity contribution is 6.09. The molecule has 2 heterocycles. The molecule has 198 valence electrons. The normalized spacial score (nSPS) is 14.7. The molecule has 0 amide bonds. The largest absolute Gasteiger partial charge is 0.313 e. The number of aryl methyl sites for hydroxylation is 1. The van der Waals surface area contributed by atoms with Gasteiger partial charge in [0.15, 0.2) is 0 Å². The number of para-hydroxylation sites is 2. The van der Waals surface area contributed by atoms with E-state index in [0.29, 0.717) is 5.92 Å². The minimum Gasteiger partial charge on any atom is -0.313 e. The van der Waals surface area contributed by atoms with E-state index in [2.05, 4.69) is 150 Å². The Kier molecular flexibility index (Phi) is 5.50. The van der Waals surface area contributed by atoms with Crippen molar-refractivity contribution >= 4 is 38.8 Å². The predicted octanol–water partition coefficient (Wildman–Crippen LogP) is 10.5. The number of benzene rings is 5. The Morgan fingerprint density at radius 2 is 1.20 bits per heavy atom. The first-order chi connectivity index (χ1) is 20.2. The van der Waals surface area contributed by atoms with Crippen LogP contribution >= 0.6 is 0 Å². The van der Waals surface area contributed by atoms with Gasteiger partial charge in [-0.25, -0.2) is 0 Å². The summed E-state index contributed by atoms with van der Waals surface area (Å²) in [5.41, 5.74) is 12.9. The van der Waals surface area contributed by atoms with Crippen LogP contribution in [0.4, 0.5) is 0 Å². The quantitative estimate of drug-likeness (QED) is 0.215. The summed E-state index contributed by atoms with van der Waals surface area (Å²) in [7, 11) is 0. The zero-order valence-corrected chi connectivity index (χ0v) is 23.5. The predicted molar refractivity (Wildman–Crippen MR) is 174 cm³/mol. The summed E-state index contributed by atoms with van der Waals surface area (Å²) in [6.45, 7) is 4.59. The third-order valence-electron chi connectivity index (χ3n) is 8.92. The summed E-state index contributed by atoms with van der Waals surface area (Å²) >= 11 is 0. The average molecular weight is 529 g/mol. The fourth-order valence-electron chi connectivity index (χ4n) is 6.85. The molecule has 0 saturated heterocycles. The monoisotopic (exact) mass is 528 g/mol. The number of nitrogens with zero attached hydrogens (tertiary/aromatic N) is 2. The second-order valence-corrected chi connectivity index (χ2v) is 11.3. The Hall–Kier alpha value is -4.82. The Labute approximate surface area is 240 Å². The van der Waals surface area contributed by atoms with E-state index in [9.17, 15) is 0 Å². The fraction of sp³-hybridized carbons (Fsp3) is 0.128. The van der Waals surface area contributed by atoms with Gasteiger partial charge < -0.3 is 9.13 Å². The summed E-state index contributed by atoms with van der Waals surface area (Å²) < 4.78 is 4.88. The van der Waals surface area contributed by atoms with Crippen LogP contribution in [-0.4, -0.2) is 9.13 Å². The van der Waals surface area contributed by atoms with Gasteiger partial charge in [0.2, 0.25) is 0 Å². The highest BCUT2D eigenvalue weighted by Crippen LogP contribution is 2.40. The van der Waals surface area contributed by atoms with Crippen LogP contribution in [0.15, 0.2) is 121 Å². The molecule has 2 heteroatoms. The van der Waals surface area contributed by atoms with Crippen LogP contribution in [0.3, 0.4) is 0 Å². The van der Waals surface area contributed by atoms with Crippen LogP contribution in [0.2, 0.25) is 0 Å². The maximum Gasteiger partial charge on any atom is 0.0541 e. The van der Waals surface area contributed by atoms with Crippen molar-refractivity contribution in [3.05, 3.63) is 138 Å². The minimum atomic E-state index is 0.487. The summed E-state index contributed by atoms with van der Waals surface area (Å²) in [4.78, 5) is 0. The van der Waals surface area contributed by atoms with Gasteiger partial charge in [-0.2, -0.15) is 0 Å². The Balaban J connectivity index is 1.19. The van der Waals surface area contributed by atoms with Gasteiger partial charge in [0.05, 0.1) is 16.6 Å². The standard InChI is InChI=1S/C39H32N2/c1-3-27-15-24-34-35-12-8-9-26(2)39(35)41(38(34)25-27)31-22-18-29(19-23-31)28-16-20-30(21-17-28)40-36-13-6-4-10-32(36)33-11-5-7-14-37(33)40/h4-8,10-26H,3,9H2,1-2H3. The topological polar surface area (TPSA) is 9.86 Å². The molecule has 0 spiro atoms. The molecule has 2 nitrogen and oxygen atoms in total. The zero-order chi connectivity index (χ0) is 27.5. The molecular weight excluding hydrogens is 496 g/mol. The molecule has 0 N–H and O–H groups in total. The number of allylic oxidation sites excluding steroid dienone is 1. The van der Waals surface area contributed by atoms with Crippen molar-refractivity contribution in [2.45, 2.75) is 32.6 Å². The van der Waals surface area contributed by atoms with Crippen molar-refractivity contribution in [1.29, 1.82) is 0 Å². The lowest BCUT2D eigenvalue weighted by molar-refractivity contribution is 0.723. The number of aromatic nitrogens is 2. The smallest absolute Gasteiger partial charge is 0.0541 e. The van der Waals surface area contributed by atoms with E-state index < -0.39 is 0 Å². The van der Waals surface area contributed by atoms with Gasteiger partial charge in [-0.3, -0.25) is 0 Å². The lowest BCUT2D eigenvalue weighted by atomic mass is 9.93. The summed E-state index contributed by atoms with van der Waals surface area (Å²) in [5, 5.41) is 3.93. The molecule has 1 unspecified atom stereocenters. The van der Waals surface area contributed by atoms with Crippen LogP contribution in [0.25, 0.3) is 61.3 Å². The van der Waals surface area contributed by atoms with Gasteiger partial charge in [-0.05, 0) is 72.0 Å². The fourth-order valence-corrected chi connectivity index (χ4v) is 6.85. The van der Waals surface area contributed by atoms with Gasteiger partial charge >= 0.3 is 0 Å². The van der Waals surface area contributed by atoms with Gasteiger partial charge in [0.1, 0.15) is 0 Å². The Bertz CT molecular complexity index is 2050. The molecule has 8 rings (SSSR count). The molecule has 0 bridgehead atoms. The molecule has 1 aliphatic rings. The van der Waals surface area contributed by atoms with Crippen molar-refractivity contribution in [1.82, 2.24) is 9.13 Å². The van der Waals surface area contributed by atoms with E-state index in [4.69, 9.17) is 0 Å². The molecule has 0 saturated carbocycles. The van der Waals surface area contributed by atoms with Crippen LogP contribution in [0, 0.1) is 0 Å². The molecule has 1 atom stereocenters. The van der Waals surface area contributed by atoms with Crippen molar-refractivity contribution in [2.75, 3.05) is 0 Å². The maximum atomic E-state index is 2.51. The lowest BCUT2D eigenvalue weighted by Crippen LogP contribution is -2.07. The first-order valence-corrected chi connectivity index (χ1v) is 14.7. The molecule has 5 aromatic carbocycles. The Morgan fingerprint density at radius 1 is 0.610 bits per heavy atom. The van der Waals surface area contributed by atoms with Crippen molar-refractivity contribution in [3.63, 3.8) is 0 Å². The third kappa shape index (κ3) is 3.71. The van der Waals surface area contributed by atoms with E-state index in [1.807, 2.05) is 0 Å². The van der Waals surface area contributed by atoms with E-state index in [0.717, 1.165) is 12.8 Å². The molecule has 2 aromatic heterocycles. The lowest BCUT2D eigenvalue weighted by Gasteiger charge is -2.19. The average Bonchev–Trinajstić information content (AvgIpc) is 3.55. The zero-order valence-electron chi connectivity index (χ0n) is 23.5. The van der Waals surface area contributed by atoms with Crippen LogP contribution in [0.1, 0.15) is 43.0 Å². The molecule has 0 fully saturated rings. The molecule has 0 radical (unpaired) electrons. The van der Waals surface area contributed by atoms with Crippen molar-refractivity contribution in [2.24, 2.45) is 0 Å². The van der Waals surface area contributed by atoms with Crippen molar-refractivity contribution in [3.8, 4) is 22.5 Å². The molecule has 1 aliphatic carbocycles. The highest BCUT2D eigenvalue weighted by atomic mass is 15.0. The third-order valence-corrected chi connectivity index (χ3v) is 8.92. The number of rotatable bonds is 4. The number of hydrogen-bond acceptors (Lipinski definition) is 0. The Morgan fingerprint density at radius 3 is 1.80 bits per heavy atom. The van der Waals surface area contributed by atoms with Gasteiger partial charge in [-0.1, -0.05) is 98.8 Å². The second kappa shape index (κ2) is 9.38. The molecule has 41 heavy (non-hydrogen) atoms. The van der Waals surface area contributed by atoms with Crippen LogP contribution < -0.4 is 0 Å². The highest BCUT2D eigenvalue weighted by Gasteiger charge is 2.23. The van der Waals surface area contributed by atoms with Gasteiger partial charge in [0, 0.05) is 44.7 Å². The van der Waals surface area contributed by atoms with Gasteiger partial charge in [0.25, 0.3) is 0 Å².